The van der Waals surface area contributed by atoms with Gasteiger partial charge in [-0.15, -0.1) is 12.4 Å². The molecule has 124 valence electrons. The van der Waals surface area contributed by atoms with Crippen LogP contribution in [-0.4, -0.2) is 45.3 Å². The van der Waals surface area contributed by atoms with Gasteiger partial charge in [-0.1, -0.05) is 0 Å². The van der Waals surface area contributed by atoms with Crippen molar-refractivity contribution in [1.29, 1.82) is 0 Å². The van der Waals surface area contributed by atoms with E-state index in [2.05, 4.69) is 4.90 Å². The molecule has 6 heteroatoms. The first-order valence-corrected chi connectivity index (χ1v) is 7.21. The van der Waals surface area contributed by atoms with Crippen molar-refractivity contribution < 1.29 is 19.0 Å². The van der Waals surface area contributed by atoms with Gasteiger partial charge >= 0.3 is 5.97 Å². The third-order valence-corrected chi connectivity index (χ3v) is 3.94. The lowest BCUT2D eigenvalue weighted by molar-refractivity contribution is -0.144. The fourth-order valence-electron chi connectivity index (χ4n) is 2.80. The van der Waals surface area contributed by atoms with Gasteiger partial charge in [0, 0.05) is 12.6 Å². The smallest absolute Gasteiger partial charge is 0.307 e. The molecule has 22 heavy (non-hydrogen) atoms. The van der Waals surface area contributed by atoms with E-state index in [1.807, 2.05) is 26.1 Å². The molecular weight excluding hydrogens is 306 g/mol. The molecule has 0 saturated heterocycles. The van der Waals surface area contributed by atoms with E-state index in [-0.39, 0.29) is 24.4 Å². The lowest BCUT2D eigenvalue weighted by Gasteiger charge is -2.34. The first kappa shape index (κ1) is 18.6. The van der Waals surface area contributed by atoms with Crippen molar-refractivity contribution in [1.82, 2.24) is 4.90 Å². The maximum Gasteiger partial charge on any atom is 0.307 e. The summed E-state index contributed by atoms with van der Waals surface area (Å²) in [4.78, 5) is 14.0. The summed E-state index contributed by atoms with van der Waals surface area (Å²) in [5.74, 6) is 1.26. The van der Waals surface area contributed by atoms with Crippen molar-refractivity contribution in [2.45, 2.75) is 25.8 Å². The normalized spacial score (nSPS) is 17.2. The maximum atomic E-state index is 11.8. The molecule has 2 rings (SSSR count). The van der Waals surface area contributed by atoms with E-state index in [1.165, 1.54) is 5.56 Å². The van der Waals surface area contributed by atoms with Crippen molar-refractivity contribution in [3.8, 4) is 11.5 Å². The van der Waals surface area contributed by atoms with Crippen LogP contribution in [0.5, 0.6) is 11.5 Å². The van der Waals surface area contributed by atoms with Gasteiger partial charge in [0.1, 0.15) is 0 Å². The number of benzene rings is 1. The highest BCUT2D eigenvalue weighted by Gasteiger charge is 2.29. The quantitative estimate of drug-likeness (QED) is 0.777. The Morgan fingerprint density at radius 3 is 2.50 bits per heavy atom. The van der Waals surface area contributed by atoms with Gasteiger partial charge in [0.15, 0.2) is 11.5 Å². The Kier molecular flexibility index (Phi) is 6.97. The summed E-state index contributed by atoms with van der Waals surface area (Å²) in [7, 11) is 5.29. The number of fused-ring (bicyclic) bond motifs is 1. The molecule has 1 heterocycles. The molecule has 0 spiro atoms. The van der Waals surface area contributed by atoms with E-state index in [0.717, 1.165) is 24.3 Å². The minimum atomic E-state index is -0.169. The van der Waals surface area contributed by atoms with Gasteiger partial charge in [0.2, 0.25) is 0 Å². The third-order valence-electron chi connectivity index (χ3n) is 3.94. The molecule has 0 saturated carbocycles. The number of methoxy groups -OCH3 is 2. The molecule has 1 aliphatic rings. The van der Waals surface area contributed by atoms with Gasteiger partial charge in [-0.25, -0.2) is 0 Å². The zero-order chi connectivity index (χ0) is 15.4. The Hall–Kier alpha value is -1.46. The monoisotopic (exact) mass is 329 g/mol. The van der Waals surface area contributed by atoms with E-state index >= 15 is 0 Å². The van der Waals surface area contributed by atoms with E-state index in [4.69, 9.17) is 14.2 Å². The van der Waals surface area contributed by atoms with Crippen molar-refractivity contribution in [3.05, 3.63) is 23.3 Å². The summed E-state index contributed by atoms with van der Waals surface area (Å²) in [6.07, 6.45) is 1.29. The van der Waals surface area contributed by atoms with Crippen LogP contribution in [0.15, 0.2) is 12.1 Å². The number of nitrogens with zero attached hydrogens (tertiary/aromatic N) is 1. The minimum absolute atomic E-state index is 0. The second kappa shape index (κ2) is 8.25. The predicted molar refractivity (Wildman–Crippen MR) is 87.1 cm³/mol. The number of likely N-dealkylation sites (N-methyl/N-ethyl adjacent to an activating group) is 1. The zero-order valence-electron chi connectivity index (χ0n) is 13.5. The molecule has 0 aromatic heterocycles. The molecule has 0 amide bonds. The van der Waals surface area contributed by atoms with Crippen LogP contribution < -0.4 is 9.47 Å². The lowest BCUT2D eigenvalue weighted by Crippen LogP contribution is -2.34. The Labute approximate surface area is 137 Å². The third kappa shape index (κ3) is 3.84. The minimum Gasteiger partial charge on any atom is -0.493 e. The number of halogens is 1. The molecule has 1 aliphatic heterocycles. The average Bonchev–Trinajstić information content (AvgIpc) is 2.49. The molecule has 1 unspecified atom stereocenters. The van der Waals surface area contributed by atoms with Gasteiger partial charge in [0.25, 0.3) is 0 Å². The maximum absolute atomic E-state index is 11.8. The van der Waals surface area contributed by atoms with Gasteiger partial charge in [-0.05, 0) is 43.7 Å². The molecule has 1 atom stereocenters. The summed E-state index contributed by atoms with van der Waals surface area (Å²) in [6, 6.07) is 4.01. The standard InChI is InChI=1S/C16H23NO4.ClH/c1-5-21-16(18)10-13-12-9-15(20-4)14(19-3)8-11(12)6-7-17(13)2;/h8-9,13H,5-7,10H2,1-4H3;1H. The van der Waals surface area contributed by atoms with Crippen LogP contribution in [0.2, 0.25) is 0 Å². The summed E-state index contributed by atoms with van der Waals surface area (Å²) in [5, 5.41) is 0. The van der Waals surface area contributed by atoms with Crippen molar-refractivity contribution in [3.63, 3.8) is 0 Å². The fourth-order valence-corrected chi connectivity index (χ4v) is 2.80. The molecule has 0 N–H and O–H groups in total. The molecule has 1 aromatic carbocycles. The van der Waals surface area contributed by atoms with Crippen molar-refractivity contribution in [2.24, 2.45) is 0 Å². The Morgan fingerprint density at radius 1 is 1.27 bits per heavy atom. The van der Waals surface area contributed by atoms with E-state index in [0.29, 0.717) is 18.8 Å². The second-order valence-corrected chi connectivity index (χ2v) is 5.16. The van der Waals surface area contributed by atoms with Crippen LogP contribution in [0, 0.1) is 0 Å². The molecule has 1 aromatic rings. The molecule has 0 fully saturated rings. The van der Waals surface area contributed by atoms with Crippen molar-refractivity contribution in [2.75, 3.05) is 34.4 Å². The summed E-state index contributed by atoms with van der Waals surface area (Å²) in [6.45, 7) is 3.14. The van der Waals surface area contributed by atoms with E-state index in [1.54, 1.807) is 14.2 Å². The number of ether oxygens (including phenoxy) is 3. The Balaban J connectivity index is 0.00000242. The highest BCUT2D eigenvalue weighted by molar-refractivity contribution is 5.85. The number of rotatable bonds is 5. The highest BCUT2D eigenvalue weighted by Crippen LogP contribution is 2.38. The number of hydrogen-bond donors (Lipinski definition) is 0. The lowest BCUT2D eigenvalue weighted by atomic mass is 9.90. The average molecular weight is 330 g/mol. The van der Waals surface area contributed by atoms with Gasteiger partial charge in [-0.2, -0.15) is 0 Å². The number of carbonyl (C=O) groups excluding carboxylic acids is 1. The number of esters is 1. The fraction of sp³-hybridized carbons (Fsp3) is 0.562. The molecule has 5 nitrogen and oxygen atoms in total. The molecule has 0 aliphatic carbocycles. The van der Waals surface area contributed by atoms with Crippen LogP contribution >= 0.6 is 12.4 Å². The Bertz CT molecular complexity index is 521. The van der Waals surface area contributed by atoms with Crippen molar-refractivity contribution >= 4 is 18.4 Å². The summed E-state index contributed by atoms with van der Waals surface area (Å²) >= 11 is 0. The SMILES string of the molecule is CCOC(=O)CC1c2cc(OC)c(OC)cc2CCN1C.Cl. The highest BCUT2D eigenvalue weighted by atomic mass is 35.5. The van der Waals surface area contributed by atoms with Gasteiger partial charge in [-0.3, -0.25) is 9.69 Å². The zero-order valence-corrected chi connectivity index (χ0v) is 14.4. The first-order valence-electron chi connectivity index (χ1n) is 7.21. The molecular formula is C16H24ClNO4. The van der Waals surface area contributed by atoms with E-state index < -0.39 is 0 Å². The van der Waals surface area contributed by atoms with Crippen LogP contribution in [0.4, 0.5) is 0 Å². The summed E-state index contributed by atoms with van der Waals surface area (Å²) < 4.78 is 15.8. The predicted octanol–water partition coefficient (Wildman–Crippen LogP) is 2.61. The number of hydrogen-bond acceptors (Lipinski definition) is 5. The Morgan fingerprint density at radius 2 is 1.91 bits per heavy atom. The number of carbonyl (C=O) groups is 1. The topological polar surface area (TPSA) is 48.0 Å². The second-order valence-electron chi connectivity index (χ2n) is 5.16. The van der Waals surface area contributed by atoms with E-state index in [9.17, 15) is 4.79 Å². The van der Waals surface area contributed by atoms with Crippen LogP contribution in [0.1, 0.15) is 30.5 Å². The molecule has 0 bridgehead atoms. The largest absolute Gasteiger partial charge is 0.493 e. The van der Waals surface area contributed by atoms with Crippen LogP contribution in [0.3, 0.4) is 0 Å². The summed E-state index contributed by atoms with van der Waals surface area (Å²) in [5.41, 5.74) is 2.33. The van der Waals surface area contributed by atoms with Crippen LogP contribution in [-0.2, 0) is 16.0 Å². The first-order chi connectivity index (χ1) is 10.1. The van der Waals surface area contributed by atoms with Gasteiger partial charge < -0.3 is 14.2 Å². The molecule has 0 radical (unpaired) electrons. The van der Waals surface area contributed by atoms with Crippen LogP contribution in [0.25, 0.3) is 0 Å². The van der Waals surface area contributed by atoms with Gasteiger partial charge in [0.05, 0.1) is 27.2 Å².